The molecule has 1 aliphatic carbocycles. The van der Waals surface area contributed by atoms with Gasteiger partial charge in [0.1, 0.15) is 0 Å². The number of ether oxygens (including phenoxy) is 1. The van der Waals surface area contributed by atoms with Crippen molar-refractivity contribution in [3.05, 3.63) is 35.5 Å². The first kappa shape index (κ1) is 13.3. The van der Waals surface area contributed by atoms with Crippen molar-refractivity contribution in [2.24, 2.45) is 0 Å². The van der Waals surface area contributed by atoms with E-state index in [4.69, 9.17) is 4.74 Å². The van der Waals surface area contributed by atoms with Gasteiger partial charge < -0.3 is 15.4 Å². The third-order valence-electron chi connectivity index (χ3n) is 4.00. The van der Waals surface area contributed by atoms with Gasteiger partial charge in [-0.1, -0.05) is 12.1 Å². The zero-order chi connectivity index (χ0) is 14.9. The molecule has 1 aromatic heterocycles. The summed E-state index contributed by atoms with van der Waals surface area (Å²) in [5, 5.41) is 13.3. The van der Waals surface area contributed by atoms with Gasteiger partial charge in [0, 0.05) is 35.0 Å². The summed E-state index contributed by atoms with van der Waals surface area (Å²) in [6, 6.07) is 7.94. The Hall–Kier alpha value is -2.34. The second-order valence-corrected chi connectivity index (χ2v) is 5.79. The molecule has 1 aliphatic heterocycles. The van der Waals surface area contributed by atoms with Crippen molar-refractivity contribution < 1.29 is 9.53 Å². The van der Waals surface area contributed by atoms with Crippen LogP contribution in [0.1, 0.15) is 24.1 Å². The first-order chi connectivity index (χ1) is 10.8. The highest BCUT2D eigenvalue weighted by atomic mass is 16.5. The van der Waals surface area contributed by atoms with Crippen LogP contribution in [0.4, 0.5) is 10.5 Å². The van der Waals surface area contributed by atoms with Crippen molar-refractivity contribution in [1.82, 2.24) is 15.5 Å². The number of H-pyrrole nitrogens is 1. The van der Waals surface area contributed by atoms with Gasteiger partial charge >= 0.3 is 6.03 Å². The summed E-state index contributed by atoms with van der Waals surface area (Å²) >= 11 is 0. The van der Waals surface area contributed by atoms with Crippen LogP contribution in [-0.4, -0.2) is 28.9 Å². The van der Waals surface area contributed by atoms with E-state index in [1.807, 2.05) is 24.3 Å². The third kappa shape index (κ3) is 2.69. The van der Waals surface area contributed by atoms with Gasteiger partial charge in [-0.15, -0.1) is 0 Å². The Labute approximate surface area is 128 Å². The maximum Gasteiger partial charge on any atom is 0.319 e. The van der Waals surface area contributed by atoms with Crippen LogP contribution in [0.15, 0.2) is 24.3 Å². The Morgan fingerprint density at radius 2 is 2.27 bits per heavy atom. The first-order valence-corrected chi connectivity index (χ1v) is 7.61. The Balaban J connectivity index is 1.56. The molecule has 2 aliphatic rings. The Kier molecular flexibility index (Phi) is 3.31. The standard InChI is InChI=1S/C16H18N4O2/c21-16(17-11-4-5-11)18-12-3-1-2-10(8-12)15-13-9-22-7-6-14(13)19-20-15/h1-3,8,11H,4-7,9H2,(H,19,20)(H2,17,18,21). The predicted molar refractivity (Wildman–Crippen MR) is 82.6 cm³/mol. The van der Waals surface area contributed by atoms with Crippen LogP contribution in [0.25, 0.3) is 11.3 Å². The number of rotatable bonds is 3. The molecular formula is C16H18N4O2. The number of anilines is 1. The van der Waals surface area contributed by atoms with Crippen molar-refractivity contribution in [2.75, 3.05) is 11.9 Å². The van der Waals surface area contributed by atoms with E-state index in [2.05, 4.69) is 20.8 Å². The average Bonchev–Trinajstić information content (AvgIpc) is 3.23. The molecule has 6 heteroatoms. The maximum atomic E-state index is 11.8. The monoisotopic (exact) mass is 298 g/mol. The zero-order valence-electron chi connectivity index (χ0n) is 12.2. The zero-order valence-corrected chi connectivity index (χ0v) is 12.2. The van der Waals surface area contributed by atoms with Crippen LogP contribution in [0, 0.1) is 0 Å². The fraction of sp³-hybridized carbons (Fsp3) is 0.375. The van der Waals surface area contributed by atoms with Gasteiger partial charge in [-0.05, 0) is 25.0 Å². The normalized spacial score (nSPS) is 16.9. The quantitative estimate of drug-likeness (QED) is 0.814. The number of nitrogens with one attached hydrogen (secondary N) is 3. The predicted octanol–water partition coefficient (Wildman–Crippen LogP) is 2.43. The molecule has 0 unspecified atom stereocenters. The number of fused-ring (bicyclic) bond motifs is 1. The van der Waals surface area contributed by atoms with Crippen molar-refractivity contribution in [2.45, 2.75) is 31.9 Å². The topological polar surface area (TPSA) is 79.0 Å². The van der Waals surface area contributed by atoms with Gasteiger partial charge in [0.05, 0.1) is 18.9 Å². The summed E-state index contributed by atoms with van der Waals surface area (Å²) in [5.41, 5.74) is 4.91. The van der Waals surface area contributed by atoms with Crippen molar-refractivity contribution in [1.29, 1.82) is 0 Å². The summed E-state index contributed by atoms with van der Waals surface area (Å²) in [6.07, 6.45) is 3.02. The molecule has 2 aromatic rings. The van der Waals surface area contributed by atoms with Gasteiger partial charge in [-0.3, -0.25) is 5.10 Å². The van der Waals surface area contributed by atoms with Crippen LogP contribution < -0.4 is 10.6 Å². The molecule has 3 N–H and O–H groups in total. The fourth-order valence-electron chi connectivity index (χ4n) is 2.68. The molecule has 1 saturated carbocycles. The highest BCUT2D eigenvalue weighted by molar-refractivity contribution is 5.90. The number of aromatic amines is 1. The van der Waals surface area contributed by atoms with Crippen molar-refractivity contribution in [3.8, 4) is 11.3 Å². The molecule has 1 fully saturated rings. The Morgan fingerprint density at radius 3 is 3.14 bits per heavy atom. The lowest BCUT2D eigenvalue weighted by molar-refractivity contribution is 0.110. The number of carbonyl (C=O) groups excluding carboxylic acids is 1. The summed E-state index contributed by atoms with van der Waals surface area (Å²) in [5.74, 6) is 0. The molecule has 22 heavy (non-hydrogen) atoms. The molecule has 2 amide bonds. The lowest BCUT2D eigenvalue weighted by Crippen LogP contribution is -2.30. The summed E-state index contributed by atoms with van der Waals surface area (Å²) in [6.45, 7) is 1.32. The molecule has 0 spiro atoms. The number of nitrogens with zero attached hydrogens (tertiary/aromatic N) is 1. The van der Waals surface area contributed by atoms with E-state index in [0.29, 0.717) is 12.6 Å². The van der Waals surface area contributed by atoms with E-state index in [-0.39, 0.29) is 6.03 Å². The van der Waals surface area contributed by atoms with Crippen molar-refractivity contribution >= 4 is 11.7 Å². The number of aromatic nitrogens is 2. The van der Waals surface area contributed by atoms with E-state index in [9.17, 15) is 4.79 Å². The van der Waals surface area contributed by atoms with Gasteiger partial charge in [-0.25, -0.2) is 4.79 Å². The highest BCUT2D eigenvalue weighted by Crippen LogP contribution is 2.29. The largest absolute Gasteiger partial charge is 0.376 e. The van der Waals surface area contributed by atoms with E-state index in [1.54, 1.807) is 0 Å². The molecule has 0 radical (unpaired) electrons. The minimum atomic E-state index is -0.146. The molecule has 1 aromatic carbocycles. The molecule has 0 bridgehead atoms. The molecule has 0 saturated heterocycles. The Morgan fingerprint density at radius 1 is 1.36 bits per heavy atom. The van der Waals surface area contributed by atoms with E-state index < -0.39 is 0 Å². The van der Waals surface area contributed by atoms with Crippen LogP contribution in [0.2, 0.25) is 0 Å². The fourth-order valence-corrected chi connectivity index (χ4v) is 2.68. The summed E-state index contributed by atoms with van der Waals surface area (Å²) in [7, 11) is 0. The van der Waals surface area contributed by atoms with Crippen LogP contribution in [0.3, 0.4) is 0 Å². The number of benzene rings is 1. The minimum Gasteiger partial charge on any atom is -0.376 e. The number of carbonyl (C=O) groups is 1. The first-order valence-electron chi connectivity index (χ1n) is 7.61. The lowest BCUT2D eigenvalue weighted by Gasteiger charge is -2.13. The molecule has 4 rings (SSSR count). The second-order valence-electron chi connectivity index (χ2n) is 5.79. The van der Waals surface area contributed by atoms with Crippen LogP contribution >= 0.6 is 0 Å². The van der Waals surface area contributed by atoms with Gasteiger partial charge in [-0.2, -0.15) is 5.10 Å². The molecular weight excluding hydrogens is 280 g/mol. The molecule has 2 heterocycles. The number of hydrogen-bond acceptors (Lipinski definition) is 3. The SMILES string of the molecule is O=C(Nc1cccc(-c2n[nH]c3c2COCC3)c1)NC1CC1. The smallest absolute Gasteiger partial charge is 0.319 e. The lowest BCUT2D eigenvalue weighted by atomic mass is 10.0. The third-order valence-corrected chi connectivity index (χ3v) is 4.00. The number of amides is 2. The van der Waals surface area contributed by atoms with Gasteiger partial charge in [0.2, 0.25) is 0 Å². The van der Waals surface area contributed by atoms with E-state index in [0.717, 1.165) is 54.1 Å². The van der Waals surface area contributed by atoms with Crippen LogP contribution in [-0.2, 0) is 17.8 Å². The highest BCUT2D eigenvalue weighted by Gasteiger charge is 2.23. The average molecular weight is 298 g/mol. The van der Waals surface area contributed by atoms with Crippen molar-refractivity contribution in [3.63, 3.8) is 0 Å². The Bertz CT molecular complexity index is 706. The second kappa shape index (κ2) is 5.46. The minimum absolute atomic E-state index is 0.146. The summed E-state index contributed by atoms with van der Waals surface area (Å²) in [4.78, 5) is 11.8. The number of urea groups is 1. The van der Waals surface area contributed by atoms with E-state index in [1.165, 1.54) is 0 Å². The molecule has 114 valence electrons. The van der Waals surface area contributed by atoms with E-state index >= 15 is 0 Å². The number of hydrogen-bond donors (Lipinski definition) is 3. The van der Waals surface area contributed by atoms with Gasteiger partial charge in [0.25, 0.3) is 0 Å². The molecule has 6 nitrogen and oxygen atoms in total. The summed E-state index contributed by atoms with van der Waals surface area (Å²) < 4.78 is 5.52. The van der Waals surface area contributed by atoms with Gasteiger partial charge in [0.15, 0.2) is 0 Å². The molecule has 0 atom stereocenters. The maximum absolute atomic E-state index is 11.8. The van der Waals surface area contributed by atoms with Crippen LogP contribution in [0.5, 0.6) is 0 Å².